The number of pyridine rings is 1. The molecular formula is C21H20N6O. The number of rotatable bonds is 3. The maximum atomic E-state index is 9.03. The fraction of sp³-hybridized carbons (Fsp3) is 0.333. The zero-order valence-corrected chi connectivity index (χ0v) is 15.5. The van der Waals surface area contributed by atoms with Crippen LogP contribution in [-0.2, 0) is 13.0 Å². The van der Waals surface area contributed by atoms with E-state index in [4.69, 9.17) is 9.78 Å². The maximum absolute atomic E-state index is 9.03. The van der Waals surface area contributed by atoms with E-state index in [1.807, 2.05) is 12.1 Å². The summed E-state index contributed by atoms with van der Waals surface area (Å²) in [6.45, 7) is 3.20. The van der Waals surface area contributed by atoms with Crippen LogP contribution in [0, 0.1) is 11.5 Å². The van der Waals surface area contributed by atoms with Gasteiger partial charge in [0.05, 0.1) is 0 Å². The summed E-state index contributed by atoms with van der Waals surface area (Å²) in [4.78, 5) is 13.2. The zero-order valence-electron chi connectivity index (χ0n) is 15.5. The molecule has 1 fully saturated rings. The SMILES string of the molecule is N#CN1CC[C@@H](c2noc(-c3ccnc(N4CCc5ccccc5C4)c3)n2)C1. The van der Waals surface area contributed by atoms with Crippen LogP contribution in [0.15, 0.2) is 47.1 Å². The van der Waals surface area contributed by atoms with Crippen molar-refractivity contribution >= 4 is 5.82 Å². The van der Waals surface area contributed by atoms with Crippen LogP contribution in [0.5, 0.6) is 0 Å². The molecule has 2 aliphatic heterocycles. The number of likely N-dealkylation sites (tertiary alicyclic amines) is 1. The van der Waals surface area contributed by atoms with Gasteiger partial charge in [0.2, 0.25) is 0 Å². The average molecular weight is 372 g/mol. The minimum absolute atomic E-state index is 0.150. The average Bonchev–Trinajstić information content (AvgIpc) is 3.43. The van der Waals surface area contributed by atoms with Crippen molar-refractivity contribution in [2.24, 2.45) is 0 Å². The molecule has 7 heteroatoms. The molecule has 0 radical (unpaired) electrons. The third-order valence-electron chi connectivity index (χ3n) is 5.58. The van der Waals surface area contributed by atoms with Crippen LogP contribution in [0.1, 0.15) is 29.3 Å². The molecule has 1 saturated heterocycles. The Morgan fingerprint density at radius 2 is 2.04 bits per heavy atom. The molecule has 0 N–H and O–H groups in total. The number of hydrogen-bond acceptors (Lipinski definition) is 7. The molecule has 0 saturated carbocycles. The highest BCUT2D eigenvalue weighted by Crippen LogP contribution is 2.29. The van der Waals surface area contributed by atoms with E-state index in [2.05, 4.69) is 50.5 Å². The number of nitrogens with zero attached hydrogens (tertiary/aromatic N) is 6. The molecular weight excluding hydrogens is 352 g/mol. The van der Waals surface area contributed by atoms with E-state index in [0.29, 0.717) is 18.3 Å². The van der Waals surface area contributed by atoms with Crippen LogP contribution in [-0.4, -0.2) is 39.7 Å². The van der Waals surface area contributed by atoms with Crippen molar-refractivity contribution in [3.8, 4) is 17.6 Å². The summed E-state index contributed by atoms with van der Waals surface area (Å²) in [5.74, 6) is 2.25. The second kappa shape index (κ2) is 6.97. The monoisotopic (exact) mass is 372 g/mol. The van der Waals surface area contributed by atoms with Crippen LogP contribution < -0.4 is 4.90 Å². The van der Waals surface area contributed by atoms with Gasteiger partial charge in [-0.3, -0.25) is 0 Å². The number of nitriles is 1. The Morgan fingerprint density at radius 3 is 2.89 bits per heavy atom. The molecule has 1 atom stereocenters. The van der Waals surface area contributed by atoms with Crippen LogP contribution in [0.25, 0.3) is 11.5 Å². The zero-order chi connectivity index (χ0) is 18.9. The molecule has 5 rings (SSSR count). The summed E-state index contributed by atoms with van der Waals surface area (Å²) in [6, 6.07) is 12.5. The Balaban J connectivity index is 1.36. The molecule has 140 valence electrons. The molecule has 4 heterocycles. The highest BCUT2D eigenvalue weighted by atomic mass is 16.5. The molecule has 2 aromatic heterocycles. The van der Waals surface area contributed by atoms with Gasteiger partial charge in [-0.15, -0.1) is 0 Å². The Hall–Kier alpha value is -3.40. The topological polar surface area (TPSA) is 82.1 Å². The third kappa shape index (κ3) is 3.07. The van der Waals surface area contributed by atoms with Crippen molar-refractivity contribution in [2.75, 3.05) is 24.5 Å². The Labute approximate surface area is 163 Å². The quantitative estimate of drug-likeness (QED) is 0.654. The molecule has 0 spiro atoms. The molecule has 0 aliphatic carbocycles. The lowest BCUT2D eigenvalue weighted by molar-refractivity contribution is 0.413. The van der Waals surface area contributed by atoms with Gasteiger partial charge < -0.3 is 14.3 Å². The first kappa shape index (κ1) is 16.8. The van der Waals surface area contributed by atoms with Crippen LogP contribution in [0.3, 0.4) is 0 Å². The van der Waals surface area contributed by atoms with Gasteiger partial charge in [0.15, 0.2) is 12.0 Å². The summed E-state index contributed by atoms with van der Waals surface area (Å²) < 4.78 is 5.52. The molecule has 0 bridgehead atoms. The first-order valence-corrected chi connectivity index (χ1v) is 9.56. The predicted octanol–water partition coefficient (Wildman–Crippen LogP) is 2.96. The van der Waals surface area contributed by atoms with E-state index in [9.17, 15) is 0 Å². The molecule has 0 amide bonds. The van der Waals surface area contributed by atoms with E-state index >= 15 is 0 Å². The standard InChI is InChI=1S/C21H20N6O/c22-14-26-9-6-18(12-26)20-24-21(28-25-20)16-5-8-23-19(11-16)27-10-7-15-3-1-2-4-17(15)13-27/h1-5,8,11,18H,6-7,9-10,12-13H2/t18-/m1/s1. The first-order chi connectivity index (χ1) is 13.8. The number of benzene rings is 1. The summed E-state index contributed by atoms with van der Waals surface area (Å²) in [7, 11) is 0. The molecule has 3 aromatic rings. The normalized spacial score (nSPS) is 18.8. The van der Waals surface area contributed by atoms with Gasteiger partial charge in [-0.05, 0) is 36.1 Å². The van der Waals surface area contributed by atoms with Crippen LogP contribution in [0.2, 0.25) is 0 Å². The second-order valence-corrected chi connectivity index (χ2v) is 7.33. The van der Waals surface area contributed by atoms with E-state index in [0.717, 1.165) is 43.9 Å². The van der Waals surface area contributed by atoms with Gasteiger partial charge in [-0.2, -0.15) is 10.2 Å². The van der Waals surface area contributed by atoms with Crippen LogP contribution in [0.4, 0.5) is 5.82 Å². The van der Waals surface area contributed by atoms with Gasteiger partial charge in [0.1, 0.15) is 5.82 Å². The lowest BCUT2D eigenvalue weighted by Crippen LogP contribution is -2.30. The van der Waals surface area contributed by atoms with Crippen molar-refractivity contribution in [3.05, 3.63) is 59.5 Å². The number of fused-ring (bicyclic) bond motifs is 1. The van der Waals surface area contributed by atoms with Gasteiger partial charge in [-0.25, -0.2) is 4.98 Å². The van der Waals surface area contributed by atoms with Crippen molar-refractivity contribution in [2.45, 2.75) is 25.3 Å². The van der Waals surface area contributed by atoms with E-state index in [-0.39, 0.29) is 5.92 Å². The van der Waals surface area contributed by atoms with Crippen LogP contribution >= 0.6 is 0 Å². The van der Waals surface area contributed by atoms with Crippen molar-refractivity contribution in [3.63, 3.8) is 0 Å². The van der Waals surface area contributed by atoms with Gasteiger partial charge in [-0.1, -0.05) is 29.4 Å². The van der Waals surface area contributed by atoms with Crippen molar-refractivity contribution in [1.29, 1.82) is 5.26 Å². The van der Waals surface area contributed by atoms with E-state index < -0.39 is 0 Å². The van der Waals surface area contributed by atoms with Crippen molar-refractivity contribution < 1.29 is 4.52 Å². The van der Waals surface area contributed by atoms with Gasteiger partial charge in [0.25, 0.3) is 5.89 Å². The predicted molar refractivity (Wildman–Crippen MR) is 103 cm³/mol. The molecule has 28 heavy (non-hydrogen) atoms. The van der Waals surface area contributed by atoms with E-state index in [1.54, 1.807) is 11.1 Å². The second-order valence-electron chi connectivity index (χ2n) is 7.33. The molecule has 7 nitrogen and oxygen atoms in total. The van der Waals surface area contributed by atoms with Gasteiger partial charge >= 0.3 is 0 Å². The summed E-state index contributed by atoms with van der Waals surface area (Å²) in [6.07, 6.45) is 5.87. The lowest BCUT2D eigenvalue weighted by atomic mass is 10.00. The third-order valence-corrected chi connectivity index (χ3v) is 5.58. The van der Waals surface area contributed by atoms with Gasteiger partial charge in [0, 0.05) is 43.9 Å². The summed E-state index contributed by atoms with van der Waals surface area (Å²) in [5, 5.41) is 13.2. The lowest BCUT2D eigenvalue weighted by Gasteiger charge is -2.29. The Bertz CT molecular complexity index is 1040. The molecule has 2 aliphatic rings. The van der Waals surface area contributed by atoms with E-state index in [1.165, 1.54) is 11.1 Å². The molecule has 0 unspecified atom stereocenters. The summed E-state index contributed by atoms with van der Waals surface area (Å²) in [5.41, 5.74) is 3.64. The highest BCUT2D eigenvalue weighted by molar-refractivity contribution is 5.59. The minimum atomic E-state index is 0.150. The number of anilines is 1. The maximum Gasteiger partial charge on any atom is 0.258 e. The minimum Gasteiger partial charge on any atom is -0.352 e. The largest absolute Gasteiger partial charge is 0.352 e. The fourth-order valence-corrected chi connectivity index (χ4v) is 4.00. The number of hydrogen-bond donors (Lipinski definition) is 0. The molecule has 1 aromatic carbocycles. The smallest absolute Gasteiger partial charge is 0.258 e. The summed E-state index contributed by atoms with van der Waals surface area (Å²) >= 11 is 0. The highest BCUT2D eigenvalue weighted by Gasteiger charge is 2.27. The van der Waals surface area contributed by atoms with Crippen molar-refractivity contribution in [1.82, 2.24) is 20.0 Å². The Kier molecular flexibility index (Phi) is 4.17. The number of aromatic nitrogens is 3. The first-order valence-electron chi connectivity index (χ1n) is 9.56. The Morgan fingerprint density at radius 1 is 1.14 bits per heavy atom. The fourth-order valence-electron chi connectivity index (χ4n) is 4.00.